The number of amides is 1. The summed E-state index contributed by atoms with van der Waals surface area (Å²) >= 11 is 3.43. The Morgan fingerprint density at radius 1 is 1.15 bits per heavy atom. The van der Waals surface area contributed by atoms with Crippen molar-refractivity contribution >= 4 is 61.4 Å². The van der Waals surface area contributed by atoms with Crippen molar-refractivity contribution in [2.75, 3.05) is 11.1 Å². The van der Waals surface area contributed by atoms with Crippen LogP contribution in [0.25, 0.3) is 21.9 Å². The Morgan fingerprint density at radius 2 is 2.00 bits per heavy atom. The van der Waals surface area contributed by atoms with Gasteiger partial charge in [0.1, 0.15) is 15.5 Å². The summed E-state index contributed by atoms with van der Waals surface area (Å²) in [4.78, 5) is 17.2. The van der Waals surface area contributed by atoms with E-state index in [1.807, 2.05) is 54.2 Å². The maximum absolute atomic E-state index is 12.4. The highest BCUT2D eigenvalue weighted by Gasteiger charge is 2.32. The van der Waals surface area contributed by atoms with E-state index in [4.69, 9.17) is 9.41 Å². The summed E-state index contributed by atoms with van der Waals surface area (Å²) in [5.74, 6) is 0.386. The van der Waals surface area contributed by atoms with E-state index in [9.17, 15) is 4.79 Å². The number of para-hydroxylation sites is 1. The van der Waals surface area contributed by atoms with E-state index in [0.717, 1.165) is 32.0 Å². The Bertz CT molecular complexity index is 1040. The lowest BCUT2D eigenvalue weighted by atomic mass is 9.96. The number of hydrogen-bond acceptors (Lipinski definition) is 5. The average Bonchev–Trinajstić information content (AvgIpc) is 3.26. The zero-order chi connectivity index (χ0) is 18.2. The predicted molar refractivity (Wildman–Crippen MR) is 116 cm³/mol. The molecule has 4 nitrogen and oxygen atoms in total. The molecule has 1 fully saturated rings. The summed E-state index contributed by atoms with van der Waals surface area (Å²) in [6, 6.07) is 14.3. The minimum Gasteiger partial charge on any atom is -0.456 e. The van der Waals surface area contributed by atoms with Gasteiger partial charge in [0.25, 0.3) is 0 Å². The topological polar surface area (TPSA) is 54.6 Å². The molecule has 2 aromatic carbocycles. The van der Waals surface area contributed by atoms with Gasteiger partial charge in [-0.05, 0) is 31.0 Å². The van der Waals surface area contributed by atoms with Gasteiger partial charge >= 0.3 is 0 Å². The third-order valence-corrected chi connectivity index (χ3v) is 7.74. The van der Waals surface area contributed by atoms with Gasteiger partial charge in [0.2, 0.25) is 5.91 Å². The second-order valence-electron chi connectivity index (χ2n) is 7.05. The number of nitrogens with one attached hydrogen (secondary N) is 1. The minimum absolute atomic E-state index is 0.00590. The summed E-state index contributed by atoms with van der Waals surface area (Å²) in [5, 5.41) is 5.78. The van der Waals surface area contributed by atoms with Gasteiger partial charge in [-0.3, -0.25) is 9.79 Å². The number of carbonyl (C=O) groups excluding carboxylic acids is 1. The zero-order valence-electron chi connectivity index (χ0n) is 14.8. The van der Waals surface area contributed by atoms with Crippen LogP contribution in [0.1, 0.15) is 25.7 Å². The van der Waals surface area contributed by atoms with Crippen LogP contribution in [0.2, 0.25) is 0 Å². The number of hydrogen-bond donors (Lipinski definition) is 1. The van der Waals surface area contributed by atoms with E-state index in [2.05, 4.69) is 5.32 Å². The van der Waals surface area contributed by atoms with Gasteiger partial charge in [0.05, 0.1) is 11.8 Å². The number of thioether (sulfide) groups is 2. The summed E-state index contributed by atoms with van der Waals surface area (Å²) in [6.07, 6.45) is 5.05. The van der Waals surface area contributed by atoms with Crippen molar-refractivity contribution < 1.29 is 9.21 Å². The maximum Gasteiger partial charge on any atom is 0.234 e. The highest BCUT2D eigenvalue weighted by molar-refractivity contribution is 8.39. The van der Waals surface area contributed by atoms with Gasteiger partial charge in [0.15, 0.2) is 0 Å². The number of furan rings is 1. The average molecular weight is 397 g/mol. The van der Waals surface area contributed by atoms with Gasteiger partial charge in [-0.25, -0.2) is 0 Å². The fourth-order valence-electron chi connectivity index (χ4n) is 3.86. The van der Waals surface area contributed by atoms with Gasteiger partial charge in [-0.15, -0.1) is 0 Å². The molecule has 2 atom stereocenters. The third kappa shape index (κ3) is 3.48. The van der Waals surface area contributed by atoms with Crippen molar-refractivity contribution in [1.29, 1.82) is 0 Å². The molecule has 0 radical (unpaired) electrons. The van der Waals surface area contributed by atoms with E-state index < -0.39 is 0 Å². The van der Waals surface area contributed by atoms with Gasteiger partial charge in [0, 0.05) is 27.8 Å². The summed E-state index contributed by atoms with van der Waals surface area (Å²) in [6.45, 7) is 0. The van der Waals surface area contributed by atoms with Crippen molar-refractivity contribution in [3.63, 3.8) is 0 Å². The third-order valence-electron chi connectivity index (χ3n) is 5.18. The lowest BCUT2D eigenvalue weighted by Gasteiger charge is -2.21. The van der Waals surface area contributed by atoms with Gasteiger partial charge in [-0.2, -0.15) is 0 Å². The van der Waals surface area contributed by atoms with Crippen LogP contribution < -0.4 is 5.32 Å². The van der Waals surface area contributed by atoms with E-state index in [-0.39, 0.29) is 5.91 Å². The number of anilines is 1. The summed E-state index contributed by atoms with van der Waals surface area (Å²) in [5.41, 5.74) is 2.42. The lowest BCUT2D eigenvalue weighted by Crippen LogP contribution is -2.21. The standard InChI is InChI=1S/C21H20N2O2S2/c24-20(12-26-21-23-16-6-2-4-8-19(16)27-21)22-13-9-10-15-14-5-1-3-7-17(14)25-18(15)11-13/h1,3,5,7,9-11,16,19H,2,4,6,8,12H2,(H,22,24)/t16-,19+/m1/s1. The molecule has 1 aliphatic carbocycles. The molecule has 0 spiro atoms. The van der Waals surface area contributed by atoms with Crippen molar-refractivity contribution in [2.24, 2.45) is 4.99 Å². The van der Waals surface area contributed by atoms with E-state index in [0.29, 0.717) is 17.0 Å². The van der Waals surface area contributed by atoms with Gasteiger partial charge in [-0.1, -0.05) is 54.6 Å². The molecule has 1 saturated carbocycles. The SMILES string of the molecule is O=C(CSC1=N[C@@H]2CCCC[C@@H]2S1)Nc1ccc2c(c1)oc1ccccc12. The predicted octanol–water partition coefficient (Wildman–Crippen LogP) is 5.67. The van der Waals surface area contributed by atoms with E-state index in [1.54, 1.807) is 11.8 Å². The Labute approximate surface area is 166 Å². The van der Waals surface area contributed by atoms with Crippen LogP contribution in [-0.4, -0.2) is 27.3 Å². The lowest BCUT2D eigenvalue weighted by molar-refractivity contribution is -0.113. The number of nitrogens with zero attached hydrogens (tertiary/aromatic N) is 1. The highest BCUT2D eigenvalue weighted by Crippen LogP contribution is 2.40. The fraction of sp³-hybridized carbons (Fsp3) is 0.333. The largest absolute Gasteiger partial charge is 0.456 e. The molecular formula is C21H20N2O2S2. The monoisotopic (exact) mass is 396 g/mol. The molecule has 2 heterocycles. The van der Waals surface area contributed by atoms with Crippen LogP contribution in [0.15, 0.2) is 51.9 Å². The van der Waals surface area contributed by atoms with Crippen LogP contribution in [0.3, 0.4) is 0 Å². The molecule has 2 aliphatic rings. The highest BCUT2D eigenvalue weighted by atomic mass is 32.2. The van der Waals surface area contributed by atoms with Crippen molar-refractivity contribution in [3.05, 3.63) is 42.5 Å². The van der Waals surface area contributed by atoms with Crippen LogP contribution in [-0.2, 0) is 4.79 Å². The zero-order valence-corrected chi connectivity index (χ0v) is 16.4. The molecular weight excluding hydrogens is 376 g/mol. The fourth-order valence-corrected chi connectivity index (χ4v) is 6.31. The number of aliphatic imine (C=N–C) groups is 1. The first-order valence-corrected chi connectivity index (χ1v) is 11.2. The molecule has 1 amide bonds. The molecule has 0 bridgehead atoms. The molecule has 0 unspecified atom stereocenters. The van der Waals surface area contributed by atoms with E-state index >= 15 is 0 Å². The van der Waals surface area contributed by atoms with E-state index in [1.165, 1.54) is 25.7 Å². The van der Waals surface area contributed by atoms with Crippen LogP contribution >= 0.6 is 23.5 Å². The molecule has 5 rings (SSSR count). The number of benzene rings is 2. The number of fused-ring (bicyclic) bond motifs is 4. The molecule has 3 aromatic rings. The van der Waals surface area contributed by atoms with Crippen molar-refractivity contribution in [1.82, 2.24) is 0 Å². The first-order chi connectivity index (χ1) is 13.3. The van der Waals surface area contributed by atoms with Crippen LogP contribution in [0.4, 0.5) is 5.69 Å². The number of rotatable bonds is 3. The van der Waals surface area contributed by atoms with Crippen molar-refractivity contribution in [3.8, 4) is 0 Å². The smallest absolute Gasteiger partial charge is 0.234 e. The minimum atomic E-state index is -0.00590. The molecule has 27 heavy (non-hydrogen) atoms. The Kier molecular flexibility index (Phi) is 4.61. The molecule has 1 aromatic heterocycles. The molecule has 6 heteroatoms. The number of carbonyl (C=O) groups is 1. The quantitative estimate of drug-likeness (QED) is 0.619. The first kappa shape index (κ1) is 17.2. The van der Waals surface area contributed by atoms with Gasteiger partial charge < -0.3 is 9.73 Å². The Hall–Kier alpha value is -1.92. The van der Waals surface area contributed by atoms with Crippen molar-refractivity contribution in [2.45, 2.75) is 37.0 Å². The maximum atomic E-state index is 12.4. The van der Waals surface area contributed by atoms with Crippen LogP contribution in [0.5, 0.6) is 0 Å². The first-order valence-electron chi connectivity index (χ1n) is 9.35. The second kappa shape index (κ2) is 7.24. The molecule has 0 saturated heterocycles. The Balaban J connectivity index is 1.24. The summed E-state index contributed by atoms with van der Waals surface area (Å²) in [7, 11) is 0. The molecule has 1 N–H and O–H groups in total. The van der Waals surface area contributed by atoms with Crippen LogP contribution in [0, 0.1) is 0 Å². The molecule has 138 valence electrons. The summed E-state index contributed by atoms with van der Waals surface area (Å²) < 4.78 is 6.97. The Morgan fingerprint density at radius 3 is 2.93 bits per heavy atom. The second-order valence-corrected chi connectivity index (χ2v) is 9.50. The molecule has 1 aliphatic heterocycles. The normalized spacial score (nSPS) is 22.0.